The van der Waals surface area contributed by atoms with Gasteiger partial charge in [0.1, 0.15) is 4.47 Å². The molecule has 0 aliphatic heterocycles. The van der Waals surface area contributed by atoms with E-state index in [1.54, 1.807) is 22.2 Å². The van der Waals surface area contributed by atoms with Gasteiger partial charge in [-0.2, -0.15) is 16.4 Å². The second kappa shape index (κ2) is 5.46. The van der Waals surface area contributed by atoms with Crippen molar-refractivity contribution in [3.05, 3.63) is 43.4 Å². The molecular formula is C13H14BrN3OS. The number of thiophene rings is 1. The van der Waals surface area contributed by atoms with Crippen molar-refractivity contribution in [3.8, 4) is 0 Å². The summed E-state index contributed by atoms with van der Waals surface area (Å²) in [5.74, 6) is 0.640. The van der Waals surface area contributed by atoms with Gasteiger partial charge in [-0.25, -0.2) is 4.68 Å². The van der Waals surface area contributed by atoms with Gasteiger partial charge < -0.3 is 5.32 Å². The van der Waals surface area contributed by atoms with Gasteiger partial charge >= 0.3 is 0 Å². The van der Waals surface area contributed by atoms with E-state index in [1.807, 2.05) is 5.38 Å². The zero-order valence-electron chi connectivity index (χ0n) is 10.3. The number of halogens is 1. The molecule has 0 bridgehead atoms. The maximum Gasteiger partial charge on any atom is 0.283 e. The van der Waals surface area contributed by atoms with Crippen LogP contribution in [0.25, 0.3) is 0 Å². The maximum absolute atomic E-state index is 12.1. The van der Waals surface area contributed by atoms with Crippen LogP contribution < -0.4 is 10.9 Å². The third kappa shape index (κ3) is 3.06. The van der Waals surface area contributed by atoms with Gasteiger partial charge in [0.25, 0.3) is 5.56 Å². The summed E-state index contributed by atoms with van der Waals surface area (Å²) in [5.41, 5.74) is 1.91. The lowest BCUT2D eigenvalue weighted by atomic mass is 10.3. The fourth-order valence-corrected chi connectivity index (χ4v) is 2.97. The van der Waals surface area contributed by atoms with Crippen molar-refractivity contribution in [2.24, 2.45) is 5.92 Å². The van der Waals surface area contributed by atoms with Crippen LogP contribution in [-0.2, 0) is 13.1 Å². The lowest BCUT2D eigenvalue weighted by Gasteiger charge is -2.09. The number of hydrogen-bond donors (Lipinski definition) is 1. The third-order valence-corrected chi connectivity index (χ3v) is 4.67. The topological polar surface area (TPSA) is 46.9 Å². The van der Waals surface area contributed by atoms with Crippen LogP contribution in [0.15, 0.2) is 32.3 Å². The van der Waals surface area contributed by atoms with Crippen LogP contribution in [0.4, 0.5) is 5.69 Å². The number of hydrogen-bond acceptors (Lipinski definition) is 4. The molecule has 1 saturated carbocycles. The molecule has 2 aromatic rings. The SMILES string of the molecule is O=c1c(Br)c(NCc2ccsc2)cnn1CC1CC1. The molecule has 1 aliphatic rings. The Morgan fingerprint density at radius 3 is 3.05 bits per heavy atom. The predicted molar refractivity (Wildman–Crippen MR) is 80.6 cm³/mol. The van der Waals surface area contributed by atoms with E-state index in [-0.39, 0.29) is 5.56 Å². The number of rotatable bonds is 5. The van der Waals surface area contributed by atoms with Crippen LogP contribution in [-0.4, -0.2) is 9.78 Å². The minimum atomic E-state index is -0.0535. The molecule has 0 spiro atoms. The molecule has 4 nitrogen and oxygen atoms in total. The minimum Gasteiger partial charge on any atom is -0.379 e. The molecule has 0 amide bonds. The first kappa shape index (κ1) is 12.9. The summed E-state index contributed by atoms with van der Waals surface area (Å²) < 4.78 is 2.12. The fraction of sp³-hybridized carbons (Fsp3) is 0.385. The van der Waals surface area contributed by atoms with Crippen molar-refractivity contribution in [1.29, 1.82) is 0 Å². The van der Waals surface area contributed by atoms with Crippen LogP contribution in [0.3, 0.4) is 0 Å². The summed E-state index contributed by atoms with van der Waals surface area (Å²) in [6.45, 7) is 1.44. The number of anilines is 1. The standard InChI is InChI=1S/C13H14BrN3OS/c14-12-11(15-5-10-3-4-19-8-10)6-16-17(13(12)18)7-9-1-2-9/h3-4,6,8-9,15H,1-2,5,7H2. The van der Waals surface area contributed by atoms with E-state index in [1.165, 1.54) is 18.4 Å². The molecule has 19 heavy (non-hydrogen) atoms. The number of nitrogens with one attached hydrogen (secondary N) is 1. The zero-order valence-corrected chi connectivity index (χ0v) is 12.7. The van der Waals surface area contributed by atoms with E-state index >= 15 is 0 Å². The Morgan fingerprint density at radius 2 is 2.37 bits per heavy atom. The van der Waals surface area contributed by atoms with Gasteiger partial charge in [-0.05, 0) is 57.1 Å². The molecular weight excluding hydrogens is 326 g/mol. The lowest BCUT2D eigenvalue weighted by Crippen LogP contribution is -2.25. The lowest BCUT2D eigenvalue weighted by molar-refractivity contribution is 0.532. The summed E-state index contributed by atoms with van der Waals surface area (Å²) in [5, 5.41) is 11.6. The van der Waals surface area contributed by atoms with Crippen molar-refractivity contribution in [1.82, 2.24) is 9.78 Å². The highest BCUT2D eigenvalue weighted by Crippen LogP contribution is 2.30. The average Bonchev–Trinajstić information content (AvgIpc) is 3.07. The normalized spacial score (nSPS) is 14.6. The smallest absolute Gasteiger partial charge is 0.283 e. The van der Waals surface area contributed by atoms with E-state index in [4.69, 9.17) is 0 Å². The van der Waals surface area contributed by atoms with E-state index in [9.17, 15) is 4.79 Å². The van der Waals surface area contributed by atoms with Gasteiger partial charge in [-0.1, -0.05) is 0 Å². The molecule has 0 radical (unpaired) electrons. The molecule has 0 saturated heterocycles. The Balaban J connectivity index is 1.74. The highest BCUT2D eigenvalue weighted by Gasteiger charge is 2.23. The summed E-state index contributed by atoms with van der Waals surface area (Å²) in [4.78, 5) is 12.1. The second-order valence-corrected chi connectivity index (χ2v) is 6.36. The van der Waals surface area contributed by atoms with E-state index in [0.717, 1.165) is 12.2 Å². The molecule has 6 heteroatoms. The van der Waals surface area contributed by atoms with Crippen molar-refractivity contribution < 1.29 is 0 Å². The van der Waals surface area contributed by atoms with Crippen molar-refractivity contribution in [2.45, 2.75) is 25.9 Å². The number of nitrogens with zero attached hydrogens (tertiary/aromatic N) is 2. The average molecular weight is 340 g/mol. The second-order valence-electron chi connectivity index (χ2n) is 4.79. The Morgan fingerprint density at radius 1 is 1.53 bits per heavy atom. The van der Waals surface area contributed by atoms with Gasteiger partial charge in [0.05, 0.1) is 11.9 Å². The Kier molecular flexibility index (Phi) is 3.70. The molecule has 1 fully saturated rings. The predicted octanol–water partition coefficient (Wildman–Crippen LogP) is 3.09. The molecule has 1 aliphatic carbocycles. The first-order chi connectivity index (χ1) is 9.24. The molecule has 0 unspecified atom stereocenters. The summed E-state index contributed by atoms with van der Waals surface area (Å²) in [6, 6.07) is 2.06. The van der Waals surface area contributed by atoms with Gasteiger partial charge in [-0.3, -0.25) is 4.79 Å². The minimum absolute atomic E-state index is 0.0535. The van der Waals surface area contributed by atoms with Crippen molar-refractivity contribution >= 4 is 33.0 Å². The molecule has 0 atom stereocenters. The van der Waals surface area contributed by atoms with Gasteiger partial charge in [0, 0.05) is 13.1 Å². The van der Waals surface area contributed by atoms with E-state index < -0.39 is 0 Å². The molecule has 1 N–H and O–H groups in total. The molecule has 2 heterocycles. The highest BCUT2D eigenvalue weighted by atomic mass is 79.9. The fourth-order valence-electron chi connectivity index (χ4n) is 1.85. The van der Waals surface area contributed by atoms with Crippen LogP contribution in [0, 0.1) is 5.92 Å². The summed E-state index contributed by atoms with van der Waals surface area (Å²) in [6.07, 6.45) is 4.15. The Hall–Kier alpha value is -1.14. The Labute approximate surface area is 123 Å². The van der Waals surface area contributed by atoms with Crippen LogP contribution >= 0.6 is 27.3 Å². The van der Waals surface area contributed by atoms with Gasteiger partial charge in [0.2, 0.25) is 0 Å². The summed E-state index contributed by atoms with van der Waals surface area (Å²) >= 11 is 5.04. The van der Waals surface area contributed by atoms with E-state index in [2.05, 4.69) is 37.8 Å². The summed E-state index contributed by atoms with van der Waals surface area (Å²) in [7, 11) is 0. The Bertz CT molecular complexity index is 619. The highest BCUT2D eigenvalue weighted by molar-refractivity contribution is 9.10. The first-order valence-corrected chi connectivity index (χ1v) is 7.98. The number of aromatic nitrogens is 2. The molecule has 100 valence electrons. The third-order valence-electron chi connectivity index (χ3n) is 3.18. The van der Waals surface area contributed by atoms with E-state index in [0.29, 0.717) is 16.9 Å². The molecule has 0 aromatic carbocycles. The zero-order chi connectivity index (χ0) is 13.2. The van der Waals surface area contributed by atoms with Gasteiger partial charge in [-0.15, -0.1) is 0 Å². The molecule has 2 aromatic heterocycles. The maximum atomic E-state index is 12.1. The van der Waals surface area contributed by atoms with Crippen molar-refractivity contribution in [3.63, 3.8) is 0 Å². The van der Waals surface area contributed by atoms with Crippen molar-refractivity contribution in [2.75, 3.05) is 5.32 Å². The molecule has 3 rings (SSSR count). The van der Waals surface area contributed by atoms with Crippen LogP contribution in [0.1, 0.15) is 18.4 Å². The van der Waals surface area contributed by atoms with Gasteiger partial charge in [0.15, 0.2) is 0 Å². The van der Waals surface area contributed by atoms with Crippen LogP contribution in [0.2, 0.25) is 0 Å². The first-order valence-electron chi connectivity index (χ1n) is 6.24. The quantitative estimate of drug-likeness (QED) is 0.910. The monoisotopic (exact) mass is 339 g/mol. The largest absolute Gasteiger partial charge is 0.379 e. The van der Waals surface area contributed by atoms with Crippen LogP contribution in [0.5, 0.6) is 0 Å².